The molecule has 4 fully saturated rings. The van der Waals surface area contributed by atoms with Crippen LogP contribution in [0.15, 0.2) is 0 Å². The zero-order chi connectivity index (χ0) is 3.72. The minimum absolute atomic E-state index is 0.963. The molecule has 0 amide bonds. The van der Waals surface area contributed by atoms with E-state index in [1.165, 1.54) is 13.0 Å². The van der Waals surface area contributed by atoms with Crippen molar-refractivity contribution in [3.63, 3.8) is 0 Å². The Hall–Kier alpha value is -0.0800. The Kier molecular flexibility index (Phi) is 0.149. The minimum atomic E-state index is 0.963. The van der Waals surface area contributed by atoms with Gasteiger partial charge in [-0.2, -0.15) is 0 Å². The molecule has 0 saturated carbocycles. The fourth-order valence-electron chi connectivity index (χ4n) is 1.60. The molecule has 4 aliphatic rings. The molecule has 6 heavy (non-hydrogen) atoms. The zero-order valence-electron chi connectivity index (χ0n) is 3.46. The number of hydrogen-bond donors (Lipinski definition) is 0. The number of hydrogen-bond acceptors (Lipinski definition) is 2. The maximum Gasteiger partial charge on any atom is 0.314 e. The van der Waals surface area contributed by atoms with Gasteiger partial charge in [0.1, 0.15) is 0 Å². The summed E-state index contributed by atoms with van der Waals surface area (Å²) >= 11 is 0. The number of fused-ring (bicyclic) bond motifs is 1. The van der Waals surface area contributed by atoms with E-state index in [1.807, 2.05) is 0 Å². The number of nitrogens with zero attached hydrogens (tertiary/aromatic N) is 2. The van der Waals surface area contributed by atoms with E-state index in [-0.39, 0.29) is 0 Å². The molecule has 4 rings (SSSR count). The van der Waals surface area contributed by atoms with Crippen LogP contribution < -0.4 is 5.01 Å². The summed E-state index contributed by atoms with van der Waals surface area (Å²) in [5, 5.41) is 4.87. The van der Waals surface area contributed by atoms with Crippen molar-refractivity contribution in [1.29, 1.82) is 0 Å². The lowest BCUT2D eigenvalue weighted by Crippen LogP contribution is -2.08. The molecular weight excluding hydrogens is 76.1 g/mol. The van der Waals surface area contributed by atoms with Crippen LogP contribution in [0, 0.1) is 0 Å². The Balaban J connectivity index is 2.21. The predicted octanol–water partition coefficient (Wildman–Crippen LogP) is -0.531. The van der Waals surface area contributed by atoms with E-state index >= 15 is 0 Å². The van der Waals surface area contributed by atoms with E-state index in [0.29, 0.717) is 0 Å². The fraction of sp³-hybridized carbons (Fsp3) is 1.00. The lowest BCUT2D eigenvalue weighted by Gasteiger charge is -1.71. The summed E-state index contributed by atoms with van der Waals surface area (Å²) in [6, 6.07) is 1.03. The first-order valence-electron chi connectivity index (χ1n) is 2.53. The van der Waals surface area contributed by atoms with Gasteiger partial charge < -0.3 is 0 Å². The Morgan fingerprint density at radius 3 is 2.67 bits per heavy atom. The van der Waals surface area contributed by atoms with E-state index in [0.717, 1.165) is 12.2 Å². The van der Waals surface area contributed by atoms with Crippen LogP contribution in [0.4, 0.5) is 0 Å². The van der Waals surface area contributed by atoms with Crippen molar-refractivity contribution in [2.24, 2.45) is 0 Å². The van der Waals surface area contributed by atoms with Crippen LogP contribution in [-0.2, 0) is 0 Å². The highest BCUT2D eigenvalue weighted by molar-refractivity contribution is 5.23. The van der Waals surface area contributed by atoms with Crippen molar-refractivity contribution in [1.82, 2.24) is 10.0 Å². The monoisotopic (exact) mass is 82.1 g/mol. The van der Waals surface area contributed by atoms with Crippen LogP contribution in [0.25, 0.3) is 0 Å². The van der Waals surface area contributed by atoms with Crippen molar-refractivity contribution in [3.05, 3.63) is 0 Å². The summed E-state index contributed by atoms with van der Waals surface area (Å²) in [7, 11) is 0. The molecule has 0 aliphatic carbocycles. The van der Waals surface area contributed by atoms with E-state index in [2.05, 4.69) is 10.0 Å². The lowest BCUT2D eigenvalue weighted by atomic mass is 10.4. The van der Waals surface area contributed by atoms with Crippen molar-refractivity contribution in [2.75, 3.05) is 6.54 Å². The molecule has 4 saturated heterocycles. The van der Waals surface area contributed by atoms with Gasteiger partial charge in [0, 0.05) is 6.42 Å². The van der Waals surface area contributed by atoms with Gasteiger partial charge >= 0.3 is 6.17 Å². The standard InChI is InChI=1S/C4H6N2/c1-2-5-4-3(1)6(4)5/h3-4H,1-2H2/q+1. The summed E-state index contributed by atoms with van der Waals surface area (Å²) in [6.45, 7) is 1.36. The summed E-state index contributed by atoms with van der Waals surface area (Å²) in [5.74, 6) is 0. The molecule has 2 nitrogen and oxygen atoms in total. The number of hydrazine groups is 1. The molecule has 2 bridgehead atoms. The molecule has 4 atom stereocenters. The van der Waals surface area contributed by atoms with E-state index in [4.69, 9.17) is 0 Å². The smallest absolute Gasteiger partial charge is 0.0333 e. The van der Waals surface area contributed by atoms with Crippen molar-refractivity contribution in [2.45, 2.75) is 18.6 Å². The van der Waals surface area contributed by atoms with Crippen LogP contribution in [-0.4, -0.2) is 23.8 Å². The van der Waals surface area contributed by atoms with Gasteiger partial charge in [-0.05, 0) is 10.0 Å². The van der Waals surface area contributed by atoms with Gasteiger partial charge in [0.2, 0.25) is 6.04 Å². The van der Waals surface area contributed by atoms with Crippen molar-refractivity contribution < 1.29 is 0 Å². The largest absolute Gasteiger partial charge is 0.314 e. The van der Waals surface area contributed by atoms with Gasteiger partial charge in [0.15, 0.2) is 0 Å². The Morgan fingerprint density at radius 2 is 2.50 bits per heavy atom. The molecule has 0 aromatic carbocycles. The fourth-order valence-corrected chi connectivity index (χ4v) is 1.60. The predicted molar refractivity (Wildman–Crippen MR) is 21.0 cm³/mol. The quantitative estimate of drug-likeness (QED) is 0.282. The van der Waals surface area contributed by atoms with Gasteiger partial charge in [-0.25, -0.2) is 0 Å². The second kappa shape index (κ2) is 0.390. The Labute approximate surface area is 36.3 Å². The summed E-state index contributed by atoms with van der Waals surface area (Å²) in [5.41, 5.74) is 0. The van der Waals surface area contributed by atoms with E-state index in [1.54, 1.807) is 0 Å². The Morgan fingerprint density at radius 1 is 1.67 bits per heavy atom. The molecule has 4 heterocycles. The molecule has 4 aliphatic heterocycles. The molecular formula is C4H6N2+. The second-order valence-corrected chi connectivity index (χ2v) is 2.31. The SMILES string of the molecule is C1CN2C3C1[N+]32. The van der Waals surface area contributed by atoms with Crippen molar-refractivity contribution in [3.8, 4) is 0 Å². The minimum Gasteiger partial charge on any atom is -0.0333 e. The molecule has 0 aromatic heterocycles. The van der Waals surface area contributed by atoms with Crippen molar-refractivity contribution >= 4 is 0 Å². The Bertz CT molecular complexity index is 78.1. The first kappa shape index (κ1) is 2.28. The second-order valence-electron chi connectivity index (χ2n) is 2.31. The van der Waals surface area contributed by atoms with Gasteiger partial charge in [-0.15, -0.1) is 0 Å². The third-order valence-electron chi connectivity index (χ3n) is 2.07. The number of rotatable bonds is 0. The van der Waals surface area contributed by atoms with E-state index < -0.39 is 0 Å². The lowest BCUT2D eigenvalue weighted by molar-refractivity contribution is 0.431. The average Bonchev–Trinajstić information content (AvgIpc) is 2.30. The first-order valence-corrected chi connectivity index (χ1v) is 2.53. The van der Waals surface area contributed by atoms with Gasteiger partial charge in [0.25, 0.3) is 0 Å². The maximum absolute atomic E-state index is 2.44. The van der Waals surface area contributed by atoms with Crippen LogP contribution in [0.2, 0.25) is 0 Å². The van der Waals surface area contributed by atoms with Gasteiger partial charge in [-0.1, -0.05) is 0 Å². The first-order chi connectivity index (χ1) is 2.98. The molecule has 0 spiro atoms. The molecule has 1 radical (unpaired) electrons. The summed E-state index contributed by atoms with van der Waals surface area (Å²) in [4.78, 5) is 0. The van der Waals surface area contributed by atoms with Crippen LogP contribution in [0.5, 0.6) is 0 Å². The molecule has 4 unspecified atom stereocenters. The van der Waals surface area contributed by atoms with Gasteiger partial charge in [-0.3, -0.25) is 0 Å². The summed E-state index contributed by atoms with van der Waals surface area (Å²) in [6.07, 6.45) is 2.41. The highest BCUT2D eigenvalue weighted by Gasteiger charge is 2.91. The molecule has 2 heteroatoms. The highest BCUT2D eigenvalue weighted by atomic mass is 16.0. The topological polar surface area (TPSA) is 8.91 Å². The maximum atomic E-state index is 2.44. The normalized spacial score (nSPS) is 80.0. The van der Waals surface area contributed by atoms with Gasteiger partial charge in [0.05, 0.1) is 6.54 Å². The van der Waals surface area contributed by atoms with Crippen LogP contribution in [0.1, 0.15) is 6.42 Å². The zero-order valence-corrected chi connectivity index (χ0v) is 3.46. The molecule has 0 N–H and O–H groups in total. The molecule has 0 aromatic rings. The third-order valence-corrected chi connectivity index (χ3v) is 2.07. The van der Waals surface area contributed by atoms with Crippen LogP contribution in [0.3, 0.4) is 0 Å². The average molecular weight is 82.1 g/mol. The molecule has 31 valence electrons. The third kappa shape index (κ3) is 0.0764. The summed E-state index contributed by atoms with van der Waals surface area (Å²) < 4.78 is 0. The van der Waals surface area contributed by atoms with Crippen LogP contribution >= 0.6 is 0 Å². The van der Waals surface area contributed by atoms with E-state index in [9.17, 15) is 0 Å². The highest BCUT2D eigenvalue weighted by Crippen LogP contribution is 2.53.